The molecule has 0 unspecified atom stereocenters. The topological polar surface area (TPSA) is 61.0 Å². The van der Waals surface area contributed by atoms with Crippen LogP contribution in [0.3, 0.4) is 0 Å². The summed E-state index contributed by atoms with van der Waals surface area (Å²) in [6.45, 7) is 2.46. The number of aromatic nitrogens is 2. The Hall–Kier alpha value is -2.21. The number of nitrogens with zero attached hydrogens (tertiary/aromatic N) is 2. The number of hydrogen-bond donors (Lipinski definition) is 2. The number of pyridine rings is 1. The largest absolute Gasteiger partial charge is 0.346 e. The van der Waals surface area contributed by atoms with Gasteiger partial charge >= 0.3 is 0 Å². The number of carbonyl (C=O) groups excluding carboxylic acids is 1. The van der Waals surface area contributed by atoms with Crippen LogP contribution in [0.15, 0.2) is 30.2 Å². The molecule has 3 heterocycles. The van der Waals surface area contributed by atoms with E-state index in [-0.39, 0.29) is 5.91 Å². The van der Waals surface area contributed by atoms with Gasteiger partial charge in [-0.3, -0.25) is 9.69 Å². The molecule has 0 saturated carbocycles. The normalized spacial score (nSPS) is 17.5. The Bertz CT molecular complexity index is 703. The first-order valence-corrected chi connectivity index (χ1v) is 6.38. The minimum atomic E-state index is -0.0919. The minimum Gasteiger partial charge on any atom is -0.346 e. The van der Waals surface area contributed by atoms with Crippen molar-refractivity contribution >= 4 is 40.3 Å². The highest BCUT2D eigenvalue weighted by molar-refractivity contribution is 7.80. The van der Waals surface area contributed by atoms with E-state index in [0.717, 1.165) is 16.6 Å². The molecule has 2 aromatic rings. The molecule has 6 heteroatoms. The summed E-state index contributed by atoms with van der Waals surface area (Å²) in [5.74, 6) is -0.0919. The van der Waals surface area contributed by atoms with E-state index in [0.29, 0.717) is 17.4 Å². The van der Waals surface area contributed by atoms with Crippen LogP contribution in [-0.4, -0.2) is 32.4 Å². The fourth-order valence-electron chi connectivity index (χ4n) is 2.11. The fraction of sp³-hybridized carbons (Fsp3) is 0.154. The number of likely N-dealkylation sites (N-methyl/N-ethyl adjacent to an activating group) is 1. The highest BCUT2D eigenvalue weighted by Crippen LogP contribution is 2.20. The molecule has 2 aromatic heterocycles. The second-order valence-electron chi connectivity index (χ2n) is 4.18. The van der Waals surface area contributed by atoms with Gasteiger partial charge in [0.05, 0.1) is 0 Å². The van der Waals surface area contributed by atoms with Gasteiger partial charge in [-0.1, -0.05) is 0 Å². The summed E-state index contributed by atoms with van der Waals surface area (Å²) in [5.41, 5.74) is 2.21. The van der Waals surface area contributed by atoms with Gasteiger partial charge in [0.1, 0.15) is 11.3 Å². The lowest BCUT2D eigenvalue weighted by Gasteiger charge is -2.08. The van der Waals surface area contributed by atoms with Gasteiger partial charge in [0.2, 0.25) is 0 Å². The van der Waals surface area contributed by atoms with E-state index in [1.54, 1.807) is 12.3 Å². The molecule has 0 aromatic carbocycles. The molecule has 1 fully saturated rings. The van der Waals surface area contributed by atoms with Crippen molar-refractivity contribution in [3.8, 4) is 0 Å². The lowest BCUT2D eigenvalue weighted by molar-refractivity contribution is -0.122. The highest BCUT2D eigenvalue weighted by atomic mass is 32.1. The zero-order chi connectivity index (χ0) is 13.4. The molecule has 1 aliphatic rings. The summed E-state index contributed by atoms with van der Waals surface area (Å²) in [4.78, 5) is 20.9. The number of H-pyrrole nitrogens is 1. The summed E-state index contributed by atoms with van der Waals surface area (Å²) in [6, 6.07) is 3.83. The SMILES string of the molecule is CCN1C(=O)/C(=C/c2c[nH]c3ncccc23)NC1=S. The number of aromatic amines is 1. The molecule has 5 nitrogen and oxygen atoms in total. The molecule has 2 N–H and O–H groups in total. The average Bonchev–Trinajstić information content (AvgIpc) is 2.93. The number of rotatable bonds is 2. The first kappa shape index (κ1) is 11.9. The molecule has 0 spiro atoms. The van der Waals surface area contributed by atoms with E-state index in [2.05, 4.69) is 15.3 Å². The van der Waals surface area contributed by atoms with E-state index >= 15 is 0 Å². The summed E-state index contributed by atoms with van der Waals surface area (Å²) >= 11 is 5.12. The molecular weight excluding hydrogens is 260 g/mol. The summed E-state index contributed by atoms with van der Waals surface area (Å²) in [6.07, 6.45) is 5.35. The second kappa shape index (κ2) is 4.47. The monoisotopic (exact) mass is 272 g/mol. The maximum Gasteiger partial charge on any atom is 0.276 e. The zero-order valence-electron chi connectivity index (χ0n) is 10.3. The van der Waals surface area contributed by atoms with Crippen molar-refractivity contribution in [2.24, 2.45) is 0 Å². The molecular formula is C13H12N4OS. The molecule has 1 saturated heterocycles. The van der Waals surface area contributed by atoms with Crippen LogP contribution in [0.4, 0.5) is 0 Å². The van der Waals surface area contributed by atoms with E-state index in [4.69, 9.17) is 12.2 Å². The Morgan fingerprint density at radius 2 is 2.37 bits per heavy atom. The molecule has 0 atom stereocenters. The third-order valence-electron chi connectivity index (χ3n) is 3.06. The molecule has 3 rings (SSSR count). The molecule has 96 valence electrons. The Balaban J connectivity index is 2.03. The van der Waals surface area contributed by atoms with E-state index in [1.807, 2.05) is 25.3 Å². The number of thiocarbonyl (C=S) groups is 1. The lowest BCUT2D eigenvalue weighted by Crippen LogP contribution is -2.30. The molecule has 0 aliphatic carbocycles. The number of carbonyl (C=O) groups is 1. The van der Waals surface area contributed by atoms with Crippen LogP contribution in [0.5, 0.6) is 0 Å². The number of amides is 1. The van der Waals surface area contributed by atoms with Crippen molar-refractivity contribution in [1.82, 2.24) is 20.2 Å². The van der Waals surface area contributed by atoms with E-state index in [9.17, 15) is 4.79 Å². The lowest BCUT2D eigenvalue weighted by atomic mass is 10.2. The Morgan fingerprint density at radius 3 is 3.11 bits per heavy atom. The Morgan fingerprint density at radius 1 is 1.53 bits per heavy atom. The van der Waals surface area contributed by atoms with Crippen LogP contribution in [0, 0.1) is 0 Å². The van der Waals surface area contributed by atoms with Crippen LogP contribution in [-0.2, 0) is 4.79 Å². The quantitative estimate of drug-likeness (QED) is 0.644. The molecule has 1 amide bonds. The standard InChI is InChI=1S/C13H12N4OS/c1-2-17-12(18)10(16-13(17)19)6-8-7-15-11-9(8)4-3-5-14-11/h3-7H,2H2,1H3,(H,14,15)(H,16,19)/b10-6-. The third kappa shape index (κ3) is 1.90. The number of hydrogen-bond acceptors (Lipinski definition) is 3. The van der Waals surface area contributed by atoms with E-state index < -0.39 is 0 Å². The smallest absolute Gasteiger partial charge is 0.276 e. The summed E-state index contributed by atoms with van der Waals surface area (Å²) in [7, 11) is 0. The molecule has 0 radical (unpaired) electrons. The zero-order valence-corrected chi connectivity index (χ0v) is 11.1. The van der Waals surface area contributed by atoms with Gasteiger partial charge in [-0.15, -0.1) is 0 Å². The predicted molar refractivity (Wildman–Crippen MR) is 77.2 cm³/mol. The van der Waals surface area contributed by atoms with Gasteiger partial charge in [0.25, 0.3) is 5.91 Å². The third-order valence-corrected chi connectivity index (χ3v) is 3.38. The van der Waals surface area contributed by atoms with Crippen molar-refractivity contribution in [2.45, 2.75) is 6.92 Å². The van der Waals surface area contributed by atoms with Gasteiger partial charge in [0.15, 0.2) is 5.11 Å². The van der Waals surface area contributed by atoms with Crippen molar-refractivity contribution in [3.63, 3.8) is 0 Å². The fourth-order valence-corrected chi connectivity index (χ4v) is 2.43. The van der Waals surface area contributed by atoms with Crippen molar-refractivity contribution < 1.29 is 4.79 Å². The van der Waals surface area contributed by atoms with Crippen LogP contribution in [0.25, 0.3) is 17.1 Å². The van der Waals surface area contributed by atoms with Gasteiger partial charge in [-0.2, -0.15) is 0 Å². The number of nitrogens with one attached hydrogen (secondary N) is 2. The van der Waals surface area contributed by atoms with Crippen LogP contribution in [0.1, 0.15) is 12.5 Å². The van der Waals surface area contributed by atoms with Crippen molar-refractivity contribution in [3.05, 3.63) is 35.8 Å². The highest BCUT2D eigenvalue weighted by Gasteiger charge is 2.29. The second-order valence-corrected chi connectivity index (χ2v) is 4.57. The molecule has 1 aliphatic heterocycles. The van der Waals surface area contributed by atoms with Crippen LogP contribution in [0.2, 0.25) is 0 Å². The Labute approximate surface area is 115 Å². The average molecular weight is 272 g/mol. The summed E-state index contributed by atoms with van der Waals surface area (Å²) < 4.78 is 0. The summed E-state index contributed by atoms with van der Waals surface area (Å²) in [5, 5.41) is 4.37. The first-order chi connectivity index (χ1) is 9.20. The predicted octanol–water partition coefficient (Wildman–Crippen LogP) is 1.64. The first-order valence-electron chi connectivity index (χ1n) is 5.97. The van der Waals surface area contributed by atoms with Gasteiger partial charge in [-0.05, 0) is 37.4 Å². The molecule has 19 heavy (non-hydrogen) atoms. The minimum absolute atomic E-state index is 0.0919. The van der Waals surface area contributed by atoms with Crippen LogP contribution >= 0.6 is 12.2 Å². The maximum atomic E-state index is 12.1. The maximum absolute atomic E-state index is 12.1. The molecule has 0 bridgehead atoms. The van der Waals surface area contributed by atoms with Crippen molar-refractivity contribution in [2.75, 3.05) is 6.54 Å². The van der Waals surface area contributed by atoms with E-state index in [1.165, 1.54) is 4.90 Å². The number of fused-ring (bicyclic) bond motifs is 1. The Kier molecular flexibility index (Phi) is 2.79. The van der Waals surface area contributed by atoms with Gasteiger partial charge in [-0.25, -0.2) is 4.98 Å². The van der Waals surface area contributed by atoms with Gasteiger partial charge < -0.3 is 10.3 Å². The van der Waals surface area contributed by atoms with Gasteiger partial charge in [0, 0.05) is 29.9 Å². The van der Waals surface area contributed by atoms with Crippen molar-refractivity contribution in [1.29, 1.82) is 0 Å². The van der Waals surface area contributed by atoms with Crippen LogP contribution < -0.4 is 5.32 Å².